The summed E-state index contributed by atoms with van der Waals surface area (Å²) in [7, 11) is 0. The van der Waals surface area contributed by atoms with Crippen molar-refractivity contribution < 1.29 is 19.1 Å². The molecule has 4 rings (SSSR count). The quantitative estimate of drug-likeness (QED) is 0.684. The van der Waals surface area contributed by atoms with Crippen LogP contribution in [0.25, 0.3) is 0 Å². The lowest BCUT2D eigenvalue weighted by Crippen LogP contribution is -2.53. The molecule has 146 valence electrons. The fourth-order valence-electron chi connectivity index (χ4n) is 6.94. The Morgan fingerprint density at radius 1 is 1.07 bits per heavy atom. The molecule has 2 fully saturated rings. The second-order valence-corrected chi connectivity index (χ2v) is 9.55. The van der Waals surface area contributed by atoms with Gasteiger partial charge in [0.05, 0.1) is 0 Å². The summed E-state index contributed by atoms with van der Waals surface area (Å²) >= 11 is 0. The number of ketones is 2. The van der Waals surface area contributed by atoms with Crippen LogP contribution in [0.1, 0.15) is 66.2 Å². The van der Waals surface area contributed by atoms with Gasteiger partial charge in [-0.05, 0) is 79.3 Å². The largest absolute Gasteiger partial charge is 0.458 e. The highest BCUT2D eigenvalue weighted by atomic mass is 16.5. The lowest BCUT2D eigenvalue weighted by molar-refractivity contribution is -0.146. The van der Waals surface area contributed by atoms with Crippen molar-refractivity contribution in [1.82, 2.24) is 0 Å². The standard InChI is InChI=1S/C23H30O4/c1-13(24)17-5-6-18-16-12-21(26)20-11-15(27-14(2)25)7-9-23(20,4)19(16)8-10-22(17,18)3/h5,11,15-16,18-19H,6-10,12H2,1-4H3/t15-,16-,18-,19-,22+,23+/m0/s1. The zero-order valence-corrected chi connectivity index (χ0v) is 16.8. The van der Waals surface area contributed by atoms with Crippen LogP contribution in [0.5, 0.6) is 0 Å². The second-order valence-electron chi connectivity index (χ2n) is 9.55. The van der Waals surface area contributed by atoms with Crippen molar-refractivity contribution in [3.8, 4) is 0 Å². The lowest BCUT2D eigenvalue weighted by atomic mass is 9.46. The van der Waals surface area contributed by atoms with E-state index in [9.17, 15) is 14.4 Å². The Balaban J connectivity index is 1.66. The molecule has 0 aromatic rings. The first-order valence-corrected chi connectivity index (χ1v) is 10.3. The number of rotatable bonds is 2. The molecule has 0 aromatic carbocycles. The predicted molar refractivity (Wildman–Crippen MR) is 102 cm³/mol. The van der Waals surface area contributed by atoms with Gasteiger partial charge in [0.25, 0.3) is 0 Å². The van der Waals surface area contributed by atoms with E-state index in [0.717, 1.165) is 43.3 Å². The van der Waals surface area contributed by atoms with Crippen LogP contribution in [0.2, 0.25) is 0 Å². The summed E-state index contributed by atoms with van der Waals surface area (Å²) in [5.41, 5.74) is 1.68. The zero-order chi connectivity index (χ0) is 19.6. The Labute approximate surface area is 161 Å². The molecular formula is C23H30O4. The van der Waals surface area contributed by atoms with E-state index in [-0.39, 0.29) is 34.5 Å². The minimum absolute atomic E-state index is 0.0696. The average molecular weight is 370 g/mol. The van der Waals surface area contributed by atoms with Gasteiger partial charge < -0.3 is 4.74 Å². The van der Waals surface area contributed by atoms with E-state index < -0.39 is 0 Å². The lowest BCUT2D eigenvalue weighted by Gasteiger charge is -2.57. The molecule has 4 nitrogen and oxygen atoms in total. The number of carbonyl (C=O) groups is 3. The highest BCUT2D eigenvalue weighted by molar-refractivity contribution is 5.98. The fraction of sp³-hybridized carbons (Fsp3) is 0.696. The molecule has 0 spiro atoms. The van der Waals surface area contributed by atoms with Crippen molar-refractivity contribution in [2.45, 2.75) is 72.3 Å². The van der Waals surface area contributed by atoms with Gasteiger partial charge in [0.2, 0.25) is 0 Å². The third-order valence-electron chi connectivity index (χ3n) is 8.17. The Hall–Kier alpha value is -1.71. The number of fused-ring (bicyclic) bond motifs is 5. The molecule has 0 aliphatic heterocycles. The van der Waals surface area contributed by atoms with Crippen molar-refractivity contribution in [2.24, 2.45) is 28.6 Å². The van der Waals surface area contributed by atoms with Gasteiger partial charge in [-0.15, -0.1) is 0 Å². The highest BCUT2D eigenvalue weighted by Gasteiger charge is 2.59. The first-order valence-electron chi connectivity index (χ1n) is 10.3. The van der Waals surface area contributed by atoms with Gasteiger partial charge in [0.15, 0.2) is 11.6 Å². The van der Waals surface area contributed by atoms with Crippen LogP contribution in [0.4, 0.5) is 0 Å². The van der Waals surface area contributed by atoms with E-state index in [1.165, 1.54) is 6.92 Å². The first kappa shape index (κ1) is 18.6. The van der Waals surface area contributed by atoms with Crippen LogP contribution in [0.15, 0.2) is 23.3 Å². The molecule has 0 heterocycles. The minimum Gasteiger partial charge on any atom is -0.458 e. The molecule has 0 N–H and O–H groups in total. The van der Waals surface area contributed by atoms with Crippen LogP contribution in [-0.4, -0.2) is 23.6 Å². The fourth-order valence-corrected chi connectivity index (χ4v) is 6.94. The number of ether oxygens (including phenoxy) is 1. The summed E-state index contributed by atoms with van der Waals surface area (Å²) in [6, 6.07) is 0. The minimum atomic E-state index is -0.288. The Morgan fingerprint density at radius 3 is 2.44 bits per heavy atom. The molecule has 4 heteroatoms. The van der Waals surface area contributed by atoms with Gasteiger partial charge in [0.1, 0.15) is 6.10 Å². The van der Waals surface area contributed by atoms with Crippen LogP contribution in [0.3, 0.4) is 0 Å². The first-order chi connectivity index (χ1) is 12.7. The summed E-state index contributed by atoms with van der Waals surface area (Å²) in [5.74, 6) is 1.33. The van der Waals surface area contributed by atoms with Gasteiger partial charge in [-0.3, -0.25) is 14.4 Å². The summed E-state index contributed by atoms with van der Waals surface area (Å²) < 4.78 is 5.38. The van der Waals surface area contributed by atoms with Crippen molar-refractivity contribution in [3.63, 3.8) is 0 Å². The van der Waals surface area contributed by atoms with Gasteiger partial charge in [-0.25, -0.2) is 0 Å². The molecule has 0 aromatic heterocycles. The molecule has 27 heavy (non-hydrogen) atoms. The zero-order valence-electron chi connectivity index (χ0n) is 16.8. The van der Waals surface area contributed by atoms with E-state index in [0.29, 0.717) is 24.2 Å². The van der Waals surface area contributed by atoms with Gasteiger partial charge >= 0.3 is 5.97 Å². The normalized spacial score (nSPS) is 43.0. The summed E-state index contributed by atoms with van der Waals surface area (Å²) in [6.07, 6.45) is 9.06. The maximum atomic E-state index is 13.1. The van der Waals surface area contributed by atoms with Gasteiger partial charge in [-0.1, -0.05) is 19.9 Å². The summed E-state index contributed by atoms with van der Waals surface area (Å²) in [6.45, 7) is 7.58. The molecule has 0 saturated heterocycles. The summed E-state index contributed by atoms with van der Waals surface area (Å²) in [5, 5.41) is 0. The number of esters is 1. The van der Waals surface area contributed by atoms with Gasteiger partial charge in [0, 0.05) is 18.9 Å². The third kappa shape index (κ3) is 2.67. The molecular weight excluding hydrogens is 340 g/mol. The van der Waals surface area contributed by atoms with Crippen LogP contribution < -0.4 is 0 Å². The van der Waals surface area contributed by atoms with Crippen LogP contribution in [0, 0.1) is 28.6 Å². The number of hydrogen-bond acceptors (Lipinski definition) is 4. The second kappa shape index (κ2) is 6.15. The number of allylic oxidation sites excluding steroid dienone is 3. The Morgan fingerprint density at radius 2 is 1.78 bits per heavy atom. The molecule has 4 aliphatic carbocycles. The van der Waals surface area contributed by atoms with Crippen LogP contribution >= 0.6 is 0 Å². The number of hydrogen-bond donors (Lipinski definition) is 0. The summed E-state index contributed by atoms with van der Waals surface area (Å²) in [4.78, 5) is 36.6. The van der Waals surface area contributed by atoms with E-state index in [1.807, 2.05) is 6.08 Å². The maximum absolute atomic E-state index is 13.1. The molecule has 0 amide bonds. The molecule has 4 aliphatic rings. The van der Waals surface area contributed by atoms with E-state index in [2.05, 4.69) is 19.9 Å². The average Bonchev–Trinajstić information content (AvgIpc) is 2.93. The maximum Gasteiger partial charge on any atom is 0.303 e. The van der Waals surface area contributed by atoms with E-state index in [1.54, 1.807) is 6.92 Å². The topological polar surface area (TPSA) is 60.4 Å². The van der Waals surface area contributed by atoms with Crippen molar-refractivity contribution >= 4 is 17.5 Å². The highest BCUT2D eigenvalue weighted by Crippen LogP contribution is 2.64. The van der Waals surface area contributed by atoms with Crippen molar-refractivity contribution in [1.29, 1.82) is 0 Å². The van der Waals surface area contributed by atoms with Crippen LogP contribution in [-0.2, 0) is 19.1 Å². The van der Waals surface area contributed by atoms with E-state index in [4.69, 9.17) is 4.74 Å². The molecule has 0 bridgehead atoms. The van der Waals surface area contributed by atoms with Crippen molar-refractivity contribution in [3.05, 3.63) is 23.3 Å². The molecule has 0 unspecified atom stereocenters. The number of carbonyl (C=O) groups excluding carboxylic acids is 3. The number of Topliss-reactive ketones (excluding diaryl/α,β-unsaturated/α-hetero) is 2. The third-order valence-corrected chi connectivity index (χ3v) is 8.17. The molecule has 0 radical (unpaired) electrons. The SMILES string of the molecule is CC(=O)O[C@@H]1C=C2C(=O)C[C@@H]3[C@H](CC[C@]4(C)C(C(C)=O)=CC[C@@H]34)[C@@]2(C)CC1. The smallest absolute Gasteiger partial charge is 0.303 e. The van der Waals surface area contributed by atoms with E-state index >= 15 is 0 Å². The molecule has 6 atom stereocenters. The van der Waals surface area contributed by atoms with Gasteiger partial charge in [-0.2, -0.15) is 0 Å². The monoisotopic (exact) mass is 370 g/mol. The Kier molecular flexibility index (Phi) is 4.25. The molecule has 2 saturated carbocycles. The van der Waals surface area contributed by atoms with Crippen molar-refractivity contribution in [2.75, 3.05) is 0 Å². The predicted octanol–water partition coefficient (Wildman–Crippen LogP) is 4.19. The Bertz CT molecular complexity index is 775.